The van der Waals surface area contributed by atoms with Gasteiger partial charge in [0.15, 0.2) is 0 Å². The molecule has 0 aliphatic carbocycles. The number of nitrogens with zero attached hydrogens (tertiary/aromatic N) is 3. The third kappa shape index (κ3) is 2.28. The first-order valence-corrected chi connectivity index (χ1v) is 6.66. The Morgan fingerprint density at radius 2 is 1.88 bits per heavy atom. The van der Waals surface area contributed by atoms with Crippen molar-refractivity contribution in [2.45, 2.75) is 5.16 Å². The van der Waals surface area contributed by atoms with Crippen molar-refractivity contribution < 1.29 is 13.2 Å². The van der Waals surface area contributed by atoms with Gasteiger partial charge in [0.25, 0.3) is 5.16 Å². The zero-order valence-electron chi connectivity index (χ0n) is 9.36. The molecule has 1 aromatic carbocycles. The summed E-state index contributed by atoms with van der Waals surface area (Å²) >= 11 is 0. The van der Waals surface area contributed by atoms with Gasteiger partial charge in [0, 0.05) is 11.9 Å². The number of ether oxygens (including phenoxy) is 1. The van der Waals surface area contributed by atoms with Gasteiger partial charge in [0.1, 0.15) is 12.1 Å². The third-order valence-corrected chi connectivity index (χ3v) is 3.14. The molecule has 0 radical (unpaired) electrons. The Morgan fingerprint density at radius 1 is 1.24 bits per heavy atom. The van der Waals surface area contributed by atoms with Crippen LogP contribution in [-0.4, -0.2) is 36.5 Å². The summed E-state index contributed by atoms with van der Waals surface area (Å²) < 4.78 is 29.4. The molecule has 0 fully saturated rings. The fourth-order valence-corrected chi connectivity index (χ4v) is 2.10. The Kier molecular flexibility index (Phi) is 2.84. The molecule has 0 bridgehead atoms. The summed E-state index contributed by atoms with van der Waals surface area (Å²) in [6.45, 7) is 0. The number of hydrogen-bond donors (Lipinski definition) is 0. The monoisotopic (exact) mass is 253 g/mol. The number of aromatic nitrogens is 3. The van der Waals surface area contributed by atoms with Gasteiger partial charge in [-0.15, -0.1) is 10.2 Å². The predicted molar refractivity (Wildman–Crippen MR) is 61.0 cm³/mol. The number of benzene rings is 1. The minimum absolute atomic E-state index is 0.0809. The van der Waals surface area contributed by atoms with Gasteiger partial charge in [-0.25, -0.2) is 8.42 Å². The van der Waals surface area contributed by atoms with E-state index >= 15 is 0 Å². The second kappa shape index (κ2) is 4.17. The van der Waals surface area contributed by atoms with E-state index in [2.05, 4.69) is 10.2 Å². The summed E-state index contributed by atoms with van der Waals surface area (Å²) in [5.74, 6) is 0.697. The zero-order valence-corrected chi connectivity index (χ0v) is 10.2. The largest absolute Gasteiger partial charge is 0.497 e. The first-order chi connectivity index (χ1) is 8.02. The maximum atomic E-state index is 11.5. The van der Waals surface area contributed by atoms with Gasteiger partial charge in [0.2, 0.25) is 9.84 Å². The molecule has 90 valence electrons. The van der Waals surface area contributed by atoms with Crippen LogP contribution >= 0.6 is 0 Å². The molecule has 0 saturated carbocycles. The lowest BCUT2D eigenvalue weighted by Crippen LogP contribution is -2.07. The van der Waals surface area contributed by atoms with E-state index in [4.69, 9.17) is 4.74 Å². The molecule has 0 aliphatic rings. The van der Waals surface area contributed by atoms with E-state index in [1.165, 1.54) is 10.9 Å². The van der Waals surface area contributed by atoms with Gasteiger partial charge in [0.05, 0.1) is 7.11 Å². The Labute approximate surface area is 98.8 Å². The van der Waals surface area contributed by atoms with Crippen LogP contribution < -0.4 is 4.74 Å². The Balaban J connectivity index is 2.50. The smallest absolute Gasteiger partial charge is 0.253 e. The molecule has 0 saturated heterocycles. The first kappa shape index (κ1) is 11.6. The quantitative estimate of drug-likeness (QED) is 0.804. The van der Waals surface area contributed by atoms with E-state index in [-0.39, 0.29) is 5.16 Å². The number of hydrogen-bond acceptors (Lipinski definition) is 5. The summed E-state index contributed by atoms with van der Waals surface area (Å²) in [5, 5.41) is 7.13. The molecule has 2 aromatic rings. The van der Waals surface area contributed by atoms with Gasteiger partial charge in [-0.05, 0) is 24.3 Å². The van der Waals surface area contributed by atoms with Crippen LogP contribution in [0.2, 0.25) is 0 Å². The topological polar surface area (TPSA) is 74.1 Å². The van der Waals surface area contributed by atoms with Crippen LogP contribution in [0.1, 0.15) is 0 Å². The van der Waals surface area contributed by atoms with Crippen molar-refractivity contribution in [2.24, 2.45) is 0 Å². The van der Waals surface area contributed by atoms with Crippen LogP contribution in [0.3, 0.4) is 0 Å². The summed E-state index contributed by atoms with van der Waals surface area (Å²) in [6, 6.07) is 6.94. The zero-order chi connectivity index (χ0) is 12.5. The van der Waals surface area contributed by atoms with E-state index in [1.54, 1.807) is 31.4 Å². The molecule has 6 nitrogen and oxygen atoms in total. The van der Waals surface area contributed by atoms with Crippen LogP contribution in [0.5, 0.6) is 5.75 Å². The van der Waals surface area contributed by atoms with Crippen molar-refractivity contribution in [3.05, 3.63) is 30.6 Å². The third-order valence-electron chi connectivity index (χ3n) is 2.20. The molecule has 0 spiro atoms. The van der Waals surface area contributed by atoms with Crippen LogP contribution in [-0.2, 0) is 9.84 Å². The van der Waals surface area contributed by atoms with Gasteiger partial charge < -0.3 is 4.74 Å². The molecular formula is C10H11N3O3S. The van der Waals surface area contributed by atoms with E-state index in [1.807, 2.05) is 0 Å². The fraction of sp³-hybridized carbons (Fsp3) is 0.200. The summed E-state index contributed by atoms with van der Waals surface area (Å²) in [5.41, 5.74) is 0.663. The average molecular weight is 253 g/mol. The lowest BCUT2D eigenvalue weighted by atomic mass is 10.3. The molecule has 2 rings (SSSR count). The summed E-state index contributed by atoms with van der Waals surface area (Å²) in [4.78, 5) is 0. The predicted octanol–water partition coefficient (Wildman–Crippen LogP) is 0.679. The van der Waals surface area contributed by atoms with Crippen molar-refractivity contribution in [3.63, 3.8) is 0 Å². The maximum Gasteiger partial charge on any atom is 0.253 e. The minimum atomic E-state index is -3.40. The minimum Gasteiger partial charge on any atom is -0.497 e. The van der Waals surface area contributed by atoms with E-state index in [0.717, 1.165) is 6.26 Å². The summed E-state index contributed by atoms with van der Waals surface area (Å²) in [7, 11) is -1.83. The number of sulfone groups is 1. The molecule has 17 heavy (non-hydrogen) atoms. The molecule has 1 aromatic heterocycles. The molecule has 0 unspecified atom stereocenters. The molecule has 0 N–H and O–H groups in total. The normalized spacial score (nSPS) is 11.4. The molecule has 0 aliphatic heterocycles. The Hall–Kier alpha value is -1.89. The Morgan fingerprint density at radius 3 is 2.41 bits per heavy atom. The van der Waals surface area contributed by atoms with Gasteiger partial charge in [-0.1, -0.05) is 0 Å². The standard InChI is InChI=1S/C10H11N3O3S/c1-16-9-5-3-8(4-6-9)13-7-11-12-10(13)17(2,14)15/h3-7H,1-2H3. The van der Waals surface area contributed by atoms with Crippen molar-refractivity contribution >= 4 is 9.84 Å². The highest BCUT2D eigenvalue weighted by molar-refractivity contribution is 7.90. The van der Waals surface area contributed by atoms with Crippen molar-refractivity contribution in [1.82, 2.24) is 14.8 Å². The van der Waals surface area contributed by atoms with Crippen LogP contribution in [0.15, 0.2) is 35.7 Å². The van der Waals surface area contributed by atoms with E-state index in [0.29, 0.717) is 11.4 Å². The molecule has 1 heterocycles. The second-order valence-corrected chi connectivity index (χ2v) is 5.36. The van der Waals surface area contributed by atoms with Crippen molar-refractivity contribution in [2.75, 3.05) is 13.4 Å². The first-order valence-electron chi connectivity index (χ1n) is 4.77. The van der Waals surface area contributed by atoms with Crippen molar-refractivity contribution in [1.29, 1.82) is 0 Å². The highest BCUT2D eigenvalue weighted by Crippen LogP contribution is 2.17. The second-order valence-electron chi connectivity index (χ2n) is 3.45. The Bertz CT molecular complexity index is 617. The van der Waals surface area contributed by atoms with E-state index in [9.17, 15) is 8.42 Å². The lowest BCUT2D eigenvalue weighted by Gasteiger charge is -2.05. The SMILES string of the molecule is COc1ccc(-n2cnnc2S(C)(=O)=O)cc1. The average Bonchev–Trinajstić information content (AvgIpc) is 2.78. The van der Waals surface area contributed by atoms with Crippen molar-refractivity contribution in [3.8, 4) is 11.4 Å². The van der Waals surface area contributed by atoms with Crippen LogP contribution in [0.4, 0.5) is 0 Å². The molecule has 7 heteroatoms. The number of methoxy groups -OCH3 is 1. The number of rotatable bonds is 3. The van der Waals surface area contributed by atoms with Gasteiger partial charge >= 0.3 is 0 Å². The van der Waals surface area contributed by atoms with Gasteiger partial charge in [-0.2, -0.15) is 0 Å². The maximum absolute atomic E-state index is 11.5. The van der Waals surface area contributed by atoms with E-state index < -0.39 is 9.84 Å². The fourth-order valence-electron chi connectivity index (χ4n) is 1.40. The van der Waals surface area contributed by atoms with Crippen LogP contribution in [0.25, 0.3) is 5.69 Å². The molecule has 0 amide bonds. The molecule has 0 atom stereocenters. The lowest BCUT2D eigenvalue weighted by molar-refractivity contribution is 0.414. The van der Waals surface area contributed by atoms with Crippen LogP contribution in [0, 0.1) is 0 Å². The highest BCUT2D eigenvalue weighted by atomic mass is 32.2. The highest BCUT2D eigenvalue weighted by Gasteiger charge is 2.16. The van der Waals surface area contributed by atoms with Gasteiger partial charge in [-0.3, -0.25) is 4.57 Å². The molecular weight excluding hydrogens is 242 g/mol. The summed E-state index contributed by atoms with van der Waals surface area (Å²) in [6.07, 6.45) is 2.45.